The molecule has 0 amide bonds. The van der Waals surface area contributed by atoms with Crippen LogP contribution in [0.3, 0.4) is 0 Å². The standard InChI is InChI=1S/C8H9N5O2/c9-7-11-8-10-6(14)4-3-15-2-1-5(4)13(8)12-7/h1-3H2,(H3,9,10,11,12,14). The summed E-state index contributed by atoms with van der Waals surface area (Å²) in [7, 11) is 0. The highest BCUT2D eigenvalue weighted by atomic mass is 16.5. The van der Waals surface area contributed by atoms with Crippen molar-refractivity contribution in [2.45, 2.75) is 13.0 Å². The second kappa shape index (κ2) is 2.80. The predicted molar refractivity (Wildman–Crippen MR) is 51.4 cm³/mol. The van der Waals surface area contributed by atoms with Gasteiger partial charge in [-0.1, -0.05) is 0 Å². The SMILES string of the molecule is Nc1nc2[nH]c(=O)c3c(n2n1)CCOC3. The molecule has 2 aromatic rings. The number of nitrogens with one attached hydrogen (secondary N) is 1. The van der Waals surface area contributed by atoms with Crippen molar-refractivity contribution in [2.24, 2.45) is 0 Å². The summed E-state index contributed by atoms with van der Waals surface area (Å²) in [6.07, 6.45) is 0.651. The lowest BCUT2D eigenvalue weighted by molar-refractivity contribution is 0.107. The van der Waals surface area contributed by atoms with Crippen LogP contribution in [0.2, 0.25) is 0 Å². The number of rotatable bonds is 0. The fourth-order valence-corrected chi connectivity index (χ4v) is 1.78. The highest BCUT2D eigenvalue weighted by Gasteiger charge is 2.18. The first kappa shape index (κ1) is 8.42. The monoisotopic (exact) mass is 207 g/mol. The van der Waals surface area contributed by atoms with E-state index in [0.717, 1.165) is 5.69 Å². The first-order chi connectivity index (χ1) is 7.25. The Kier molecular flexibility index (Phi) is 1.57. The molecule has 1 aliphatic heterocycles. The Labute approximate surface area is 83.9 Å². The first-order valence-corrected chi connectivity index (χ1v) is 4.60. The summed E-state index contributed by atoms with van der Waals surface area (Å²) in [6.45, 7) is 0.908. The van der Waals surface area contributed by atoms with Crippen molar-refractivity contribution in [2.75, 3.05) is 12.3 Å². The molecule has 0 bridgehead atoms. The van der Waals surface area contributed by atoms with E-state index in [9.17, 15) is 4.79 Å². The van der Waals surface area contributed by atoms with E-state index in [1.807, 2.05) is 0 Å². The smallest absolute Gasteiger partial charge is 0.258 e. The number of aromatic nitrogens is 4. The van der Waals surface area contributed by atoms with Crippen molar-refractivity contribution in [1.82, 2.24) is 19.6 Å². The Morgan fingerprint density at radius 1 is 1.53 bits per heavy atom. The van der Waals surface area contributed by atoms with Crippen molar-refractivity contribution < 1.29 is 4.74 Å². The normalized spacial score (nSPS) is 15.5. The van der Waals surface area contributed by atoms with Gasteiger partial charge in [0.25, 0.3) is 5.56 Å². The number of ether oxygens (including phenoxy) is 1. The molecule has 7 heteroatoms. The molecule has 0 fully saturated rings. The molecule has 0 radical (unpaired) electrons. The number of hydrogen-bond acceptors (Lipinski definition) is 5. The lowest BCUT2D eigenvalue weighted by Gasteiger charge is -2.15. The molecule has 0 atom stereocenters. The Morgan fingerprint density at radius 3 is 3.27 bits per heavy atom. The average Bonchev–Trinajstić information content (AvgIpc) is 2.59. The maximum atomic E-state index is 11.6. The van der Waals surface area contributed by atoms with E-state index in [0.29, 0.717) is 31.0 Å². The molecule has 0 saturated heterocycles. The summed E-state index contributed by atoms with van der Waals surface area (Å²) in [6, 6.07) is 0. The third-order valence-electron chi connectivity index (χ3n) is 2.46. The second-order valence-corrected chi connectivity index (χ2v) is 3.39. The van der Waals surface area contributed by atoms with Crippen LogP contribution in [0.15, 0.2) is 4.79 Å². The molecule has 2 aromatic heterocycles. The molecule has 78 valence electrons. The number of aromatic amines is 1. The summed E-state index contributed by atoms with van der Waals surface area (Å²) in [5, 5.41) is 4.03. The highest BCUT2D eigenvalue weighted by Crippen LogP contribution is 2.13. The minimum Gasteiger partial charge on any atom is -0.376 e. The van der Waals surface area contributed by atoms with Gasteiger partial charge in [-0.05, 0) is 0 Å². The summed E-state index contributed by atoms with van der Waals surface area (Å²) in [5.41, 5.74) is 6.75. The van der Waals surface area contributed by atoms with Gasteiger partial charge in [-0.15, -0.1) is 5.10 Å². The van der Waals surface area contributed by atoms with Crippen LogP contribution in [0.1, 0.15) is 11.3 Å². The molecule has 1 aliphatic rings. The summed E-state index contributed by atoms with van der Waals surface area (Å²) in [4.78, 5) is 18.2. The molecule has 0 aromatic carbocycles. The molecule has 0 spiro atoms. The van der Waals surface area contributed by atoms with Crippen molar-refractivity contribution in [3.05, 3.63) is 21.6 Å². The number of nitrogens with two attached hydrogens (primary N) is 1. The molecule has 3 heterocycles. The Hall–Kier alpha value is -1.89. The zero-order valence-electron chi connectivity index (χ0n) is 7.86. The van der Waals surface area contributed by atoms with Gasteiger partial charge in [-0.2, -0.15) is 4.98 Å². The van der Waals surface area contributed by atoms with Gasteiger partial charge in [-0.3, -0.25) is 9.78 Å². The zero-order valence-corrected chi connectivity index (χ0v) is 7.86. The van der Waals surface area contributed by atoms with Gasteiger partial charge in [0.1, 0.15) is 0 Å². The molecule has 15 heavy (non-hydrogen) atoms. The second-order valence-electron chi connectivity index (χ2n) is 3.39. The maximum absolute atomic E-state index is 11.6. The molecule has 7 nitrogen and oxygen atoms in total. The zero-order chi connectivity index (χ0) is 10.4. The van der Waals surface area contributed by atoms with Crippen molar-refractivity contribution in [3.8, 4) is 0 Å². The minimum absolute atomic E-state index is 0.158. The number of hydrogen-bond donors (Lipinski definition) is 2. The minimum atomic E-state index is -0.176. The van der Waals surface area contributed by atoms with Crippen LogP contribution < -0.4 is 11.3 Å². The molecule has 3 rings (SSSR count). The van der Waals surface area contributed by atoms with E-state index < -0.39 is 0 Å². The van der Waals surface area contributed by atoms with Crippen molar-refractivity contribution >= 4 is 11.7 Å². The number of anilines is 1. The quantitative estimate of drug-likeness (QED) is 0.581. The third kappa shape index (κ3) is 1.13. The van der Waals surface area contributed by atoms with Crippen LogP contribution in [0.4, 0.5) is 5.95 Å². The van der Waals surface area contributed by atoms with Gasteiger partial charge in [0.15, 0.2) is 0 Å². The van der Waals surface area contributed by atoms with Crippen LogP contribution >= 0.6 is 0 Å². The molecule has 0 saturated carbocycles. The predicted octanol–water partition coefficient (Wildman–Crippen LogP) is -0.928. The van der Waals surface area contributed by atoms with Crippen LogP contribution in [-0.4, -0.2) is 26.2 Å². The third-order valence-corrected chi connectivity index (χ3v) is 2.46. The summed E-state index contributed by atoms with van der Waals surface area (Å²) >= 11 is 0. The van der Waals surface area contributed by atoms with Crippen LogP contribution in [0, 0.1) is 0 Å². The largest absolute Gasteiger partial charge is 0.376 e. The Balaban J connectivity index is 2.43. The fourth-order valence-electron chi connectivity index (χ4n) is 1.78. The number of H-pyrrole nitrogens is 1. The van der Waals surface area contributed by atoms with Crippen LogP contribution in [0.5, 0.6) is 0 Å². The molecule has 3 N–H and O–H groups in total. The topological polar surface area (TPSA) is 98.3 Å². The molecular weight excluding hydrogens is 198 g/mol. The lowest BCUT2D eigenvalue weighted by Crippen LogP contribution is -2.25. The summed E-state index contributed by atoms with van der Waals surface area (Å²) in [5.74, 6) is 0.545. The van der Waals surface area contributed by atoms with Crippen molar-refractivity contribution in [1.29, 1.82) is 0 Å². The molecule has 0 unspecified atom stereocenters. The van der Waals surface area contributed by atoms with E-state index in [1.54, 1.807) is 4.52 Å². The molecular formula is C8H9N5O2. The average molecular weight is 207 g/mol. The summed E-state index contributed by atoms with van der Waals surface area (Å²) < 4.78 is 6.80. The first-order valence-electron chi connectivity index (χ1n) is 4.60. The fraction of sp³-hybridized carbons (Fsp3) is 0.375. The van der Waals surface area contributed by atoms with E-state index in [4.69, 9.17) is 10.5 Å². The van der Waals surface area contributed by atoms with E-state index >= 15 is 0 Å². The van der Waals surface area contributed by atoms with E-state index in [2.05, 4.69) is 15.1 Å². The van der Waals surface area contributed by atoms with E-state index in [-0.39, 0.29) is 11.5 Å². The van der Waals surface area contributed by atoms with Crippen LogP contribution in [-0.2, 0) is 17.8 Å². The van der Waals surface area contributed by atoms with Gasteiger partial charge in [0.2, 0.25) is 11.7 Å². The van der Waals surface area contributed by atoms with Gasteiger partial charge in [-0.25, -0.2) is 4.52 Å². The van der Waals surface area contributed by atoms with Gasteiger partial charge in [0, 0.05) is 6.42 Å². The number of fused-ring (bicyclic) bond motifs is 3. The van der Waals surface area contributed by atoms with Gasteiger partial charge in [0.05, 0.1) is 24.5 Å². The number of nitrogens with zero attached hydrogens (tertiary/aromatic N) is 3. The van der Waals surface area contributed by atoms with E-state index in [1.165, 1.54) is 0 Å². The Bertz CT molecular complexity index is 584. The Morgan fingerprint density at radius 2 is 2.40 bits per heavy atom. The van der Waals surface area contributed by atoms with Gasteiger partial charge >= 0.3 is 0 Å². The van der Waals surface area contributed by atoms with Crippen LogP contribution in [0.25, 0.3) is 5.78 Å². The maximum Gasteiger partial charge on any atom is 0.258 e. The van der Waals surface area contributed by atoms with Gasteiger partial charge < -0.3 is 10.5 Å². The lowest BCUT2D eigenvalue weighted by atomic mass is 10.1. The molecule has 0 aliphatic carbocycles. The van der Waals surface area contributed by atoms with Crippen molar-refractivity contribution in [3.63, 3.8) is 0 Å². The highest BCUT2D eigenvalue weighted by molar-refractivity contribution is 5.37. The number of nitrogen functional groups attached to an aromatic ring is 1.